The molecule has 3 aromatic heterocycles. The third-order valence-corrected chi connectivity index (χ3v) is 4.85. The van der Waals surface area contributed by atoms with Gasteiger partial charge in [-0.2, -0.15) is 0 Å². The van der Waals surface area contributed by atoms with Crippen LogP contribution in [-0.2, 0) is 0 Å². The van der Waals surface area contributed by atoms with Gasteiger partial charge in [-0.15, -0.1) is 0 Å². The molecule has 0 unspecified atom stereocenters. The number of hydrogen-bond donors (Lipinski definition) is 1. The van der Waals surface area contributed by atoms with Crippen molar-refractivity contribution in [3.63, 3.8) is 0 Å². The molecule has 132 valence electrons. The summed E-state index contributed by atoms with van der Waals surface area (Å²) in [5, 5.41) is 0. The quantitative estimate of drug-likeness (QED) is 0.782. The molecule has 6 nitrogen and oxygen atoms in total. The van der Waals surface area contributed by atoms with Crippen LogP contribution in [0.4, 0.5) is 5.82 Å². The van der Waals surface area contributed by atoms with Crippen LogP contribution in [0.3, 0.4) is 0 Å². The van der Waals surface area contributed by atoms with E-state index in [0.29, 0.717) is 11.7 Å². The van der Waals surface area contributed by atoms with Crippen LogP contribution < -0.4 is 10.6 Å². The highest BCUT2D eigenvalue weighted by Gasteiger charge is 2.21. The van der Waals surface area contributed by atoms with Crippen molar-refractivity contribution in [2.45, 2.75) is 12.8 Å². The first-order valence-electron chi connectivity index (χ1n) is 8.99. The standard InChI is InChI=1S/C20H22N6/c21-14-15-6-11-26(12-7-15)19-13-18(17-3-1-2-8-23-17)24-20(25-19)16-4-9-22-10-5-16/h1-5,8-10,13,15H,6-7,11-12,14,21H2. The summed E-state index contributed by atoms with van der Waals surface area (Å²) < 4.78 is 0. The Morgan fingerprint density at radius 3 is 2.46 bits per heavy atom. The van der Waals surface area contributed by atoms with E-state index in [1.165, 1.54) is 0 Å². The highest BCUT2D eigenvalue weighted by atomic mass is 15.2. The number of nitrogens with zero attached hydrogens (tertiary/aromatic N) is 5. The molecule has 2 N–H and O–H groups in total. The van der Waals surface area contributed by atoms with Gasteiger partial charge in [0.05, 0.1) is 11.4 Å². The summed E-state index contributed by atoms with van der Waals surface area (Å²) in [6, 6.07) is 11.8. The molecule has 0 saturated carbocycles. The van der Waals surface area contributed by atoms with Gasteiger partial charge in [0.2, 0.25) is 0 Å². The molecule has 1 aliphatic rings. The van der Waals surface area contributed by atoms with Gasteiger partial charge in [-0.25, -0.2) is 9.97 Å². The lowest BCUT2D eigenvalue weighted by atomic mass is 9.97. The Kier molecular flexibility index (Phi) is 4.84. The van der Waals surface area contributed by atoms with E-state index in [1.54, 1.807) is 18.6 Å². The lowest BCUT2D eigenvalue weighted by Gasteiger charge is -2.32. The van der Waals surface area contributed by atoms with Gasteiger partial charge in [-0.1, -0.05) is 6.07 Å². The summed E-state index contributed by atoms with van der Waals surface area (Å²) >= 11 is 0. The zero-order chi connectivity index (χ0) is 17.8. The van der Waals surface area contributed by atoms with E-state index in [0.717, 1.165) is 55.2 Å². The second-order valence-electron chi connectivity index (χ2n) is 6.55. The van der Waals surface area contributed by atoms with Crippen molar-refractivity contribution in [2.24, 2.45) is 11.7 Å². The first kappa shape index (κ1) is 16.6. The average molecular weight is 346 g/mol. The zero-order valence-corrected chi connectivity index (χ0v) is 14.6. The van der Waals surface area contributed by atoms with E-state index in [4.69, 9.17) is 15.7 Å². The molecular formula is C20H22N6. The van der Waals surface area contributed by atoms with Crippen molar-refractivity contribution in [3.05, 3.63) is 55.0 Å². The molecule has 0 radical (unpaired) electrons. The molecule has 4 rings (SSSR count). The third kappa shape index (κ3) is 3.55. The summed E-state index contributed by atoms with van der Waals surface area (Å²) in [5.41, 5.74) is 8.47. The van der Waals surface area contributed by atoms with Crippen LogP contribution in [0.15, 0.2) is 55.0 Å². The third-order valence-electron chi connectivity index (χ3n) is 4.85. The molecule has 0 amide bonds. The molecule has 0 aromatic carbocycles. The molecular weight excluding hydrogens is 324 g/mol. The fourth-order valence-corrected chi connectivity index (χ4v) is 3.27. The van der Waals surface area contributed by atoms with Crippen LogP contribution >= 0.6 is 0 Å². The van der Waals surface area contributed by atoms with E-state index in [2.05, 4.69) is 14.9 Å². The second-order valence-corrected chi connectivity index (χ2v) is 6.55. The minimum atomic E-state index is 0.614. The van der Waals surface area contributed by atoms with Gasteiger partial charge >= 0.3 is 0 Å². The number of anilines is 1. The molecule has 1 aliphatic heterocycles. The maximum atomic E-state index is 5.83. The molecule has 0 aliphatic carbocycles. The Bertz CT molecular complexity index is 787. The highest BCUT2D eigenvalue weighted by Crippen LogP contribution is 2.27. The number of hydrogen-bond acceptors (Lipinski definition) is 6. The predicted octanol–water partition coefficient (Wildman–Crippen LogP) is 2.78. The minimum Gasteiger partial charge on any atom is -0.356 e. The van der Waals surface area contributed by atoms with Crippen LogP contribution in [0, 0.1) is 5.92 Å². The lowest BCUT2D eigenvalue weighted by molar-refractivity contribution is 0.413. The van der Waals surface area contributed by atoms with E-state index >= 15 is 0 Å². The van der Waals surface area contributed by atoms with E-state index in [1.807, 2.05) is 36.4 Å². The fraction of sp³-hybridized carbons (Fsp3) is 0.300. The zero-order valence-electron chi connectivity index (χ0n) is 14.6. The van der Waals surface area contributed by atoms with Crippen molar-refractivity contribution in [1.82, 2.24) is 19.9 Å². The molecule has 0 spiro atoms. The Balaban J connectivity index is 1.74. The van der Waals surface area contributed by atoms with Gasteiger partial charge < -0.3 is 10.6 Å². The predicted molar refractivity (Wildman–Crippen MR) is 102 cm³/mol. The molecule has 0 bridgehead atoms. The van der Waals surface area contributed by atoms with Gasteiger partial charge in [0.1, 0.15) is 5.82 Å². The Hall–Kier alpha value is -2.86. The first-order chi connectivity index (χ1) is 12.8. The number of aromatic nitrogens is 4. The molecule has 3 aromatic rings. The summed E-state index contributed by atoms with van der Waals surface area (Å²) in [4.78, 5) is 20.5. The van der Waals surface area contributed by atoms with Crippen molar-refractivity contribution in [3.8, 4) is 22.8 Å². The Labute approximate surface area is 153 Å². The maximum Gasteiger partial charge on any atom is 0.162 e. The summed E-state index contributed by atoms with van der Waals surface area (Å²) in [6.45, 7) is 2.70. The lowest BCUT2D eigenvalue weighted by Crippen LogP contribution is -2.36. The van der Waals surface area contributed by atoms with E-state index in [-0.39, 0.29) is 0 Å². The highest BCUT2D eigenvalue weighted by molar-refractivity contribution is 5.65. The van der Waals surface area contributed by atoms with Crippen LogP contribution in [-0.4, -0.2) is 39.6 Å². The van der Waals surface area contributed by atoms with Gasteiger partial charge in [-0.05, 0) is 49.6 Å². The second kappa shape index (κ2) is 7.58. The van der Waals surface area contributed by atoms with Gasteiger partial charge in [0, 0.05) is 43.3 Å². The maximum absolute atomic E-state index is 5.83. The van der Waals surface area contributed by atoms with Crippen LogP contribution in [0.1, 0.15) is 12.8 Å². The van der Waals surface area contributed by atoms with Crippen molar-refractivity contribution >= 4 is 5.82 Å². The summed E-state index contributed by atoms with van der Waals surface area (Å²) in [6.07, 6.45) is 7.51. The molecule has 1 saturated heterocycles. The molecule has 4 heterocycles. The largest absolute Gasteiger partial charge is 0.356 e. The number of rotatable bonds is 4. The van der Waals surface area contributed by atoms with Gasteiger partial charge in [0.15, 0.2) is 5.82 Å². The number of nitrogens with two attached hydrogens (primary N) is 1. The average Bonchev–Trinajstić information content (AvgIpc) is 2.75. The fourth-order valence-electron chi connectivity index (χ4n) is 3.27. The Morgan fingerprint density at radius 1 is 0.962 bits per heavy atom. The van der Waals surface area contributed by atoms with Crippen molar-refractivity contribution in [1.29, 1.82) is 0 Å². The topological polar surface area (TPSA) is 80.8 Å². The summed E-state index contributed by atoms with van der Waals surface area (Å²) in [7, 11) is 0. The number of piperidine rings is 1. The molecule has 1 fully saturated rings. The van der Waals surface area contributed by atoms with Crippen LogP contribution in [0.25, 0.3) is 22.8 Å². The van der Waals surface area contributed by atoms with Crippen molar-refractivity contribution in [2.75, 3.05) is 24.5 Å². The van der Waals surface area contributed by atoms with Gasteiger partial charge in [0.25, 0.3) is 0 Å². The normalized spacial score (nSPS) is 15.2. The monoisotopic (exact) mass is 346 g/mol. The van der Waals surface area contributed by atoms with Crippen LogP contribution in [0.2, 0.25) is 0 Å². The Morgan fingerprint density at radius 2 is 1.77 bits per heavy atom. The van der Waals surface area contributed by atoms with Crippen molar-refractivity contribution < 1.29 is 0 Å². The minimum absolute atomic E-state index is 0.614. The SMILES string of the molecule is NCC1CCN(c2cc(-c3ccccn3)nc(-c3ccncc3)n2)CC1. The van der Waals surface area contributed by atoms with E-state index in [9.17, 15) is 0 Å². The van der Waals surface area contributed by atoms with Gasteiger partial charge in [-0.3, -0.25) is 9.97 Å². The van der Waals surface area contributed by atoms with E-state index < -0.39 is 0 Å². The molecule has 6 heteroatoms. The first-order valence-corrected chi connectivity index (χ1v) is 8.99. The summed E-state index contributed by atoms with van der Waals surface area (Å²) in [5.74, 6) is 2.26. The van der Waals surface area contributed by atoms with Crippen LogP contribution in [0.5, 0.6) is 0 Å². The molecule has 26 heavy (non-hydrogen) atoms. The number of pyridine rings is 2. The molecule has 0 atom stereocenters. The smallest absolute Gasteiger partial charge is 0.162 e.